The van der Waals surface area contributed by atoms with E-state index in [0.29, 0.717) is 6.42 Å². The third kappa shape index (κ3) is 2.69. The highest BCUT2D eigenvalue weighted by Gasteiger charge is 2.40. The first-order valence-corrected chi connectivity index (χ1v) is 8.67. The molecule has 0 aliphatic carbocycles. The van der Waals surface area contributed by atoms with Crippen LogP contribution in [0.4, 0.5) is 0 Å². The van der Waals surface area contributed by atoms with Gasteiger partial charge in [-0.25, -0.2) is 4.79 Å². The van der Waals surface area contributed by atoms with E-state index in [1.165, 1.54) is 4.90 Å². The number of hydrogen-bond acceptors (Lipinski definition) is 4. The number of para-hydroxylation sites is 1. The molecule has 3 atom stereocenters. The van der Waals surface area contributed by atoms with E-state index < -0.39 is 18.1 Å². The first-order chi connectivity index (χ1) is 12.1. The highest BCUT2D eigenvalue weighted by Crippen LogP contribution is 2.31. The summed E-state index contributed by atoms with van der Waals surface area (Å²) in [6.45, 7) is 1.10. The fourth-order valence-corrected chi connectivity index (χ4v) is 4.04. The fourth-order valence-electron chi connectivity index (χ4n) is 4.04. The van der Waals surface area contributed by atoms with E-state index in [2.05, 4.69) is 10.3 Å². The second-order valence-corrected chi connectivity index (χ2v) is 6.88. The standard InChI is InChI=1S/C18H22N4O3/c19-16(13-6-3-7-20-13)17(23)22-9-14-11(8-15(22)18(24)25)10-4-1-2-5-12(10)21-14/h1-2,4-5,13,15-16,20-21H,3,6-9,19H2,(H,24,25)/t13?,15-,16-/m0/s1. The lowest BCUT2D eigenvalue weighted by Crippen LogP contribution is -2.58. The molecule has 0 bridgehead atoms. The monoisotopic (exact) mass is 342 g/mol. The lowest BCUT2D eigenvalue weighted by Gasteiger charge is -2.35. The van der Waals surface area contributed by atoms with Crippen LogP contribution in [0.5, 0.6) is 0 Å². The van der Waals surface area contributed by atoms with Crippen molar-refractivity contribution in [1.82, 2.24) is 15.2 Å². The van der Waals surface area contributed by atoms with Gasteiger partial charge < -0.3 is 26.0 Å². The molecule has 7 nitrogen and oxygen atoms in total. The molecule has 1 amide bonds. The molecule has 1 aromatic heterocycles. The Bertz CT molecular complexity index is 825. The van der Waals surface area contributed by atoms with Crippen LogP contribution in [-0.4, -0.2) is 51.5 Å². The first-order valence-electron chi connectivity index (χ1n) is 8.67. The van der Waals surface area contributed by atoms with Gasteiger partial charge in [0.2, 0.25) is 5.91 Å². The van der Waals surface area contributed by atoms with Crippen molar-refractivity contribution in [3.63, 3.8) is 0 Å². The van der Waals surface area contributed by atoms with Crippen molar-refractivity contribution in [3.05, 3.63) is 35.5 Å². The lowest BCUT2D eigenvalue weighted by molar-refractivity contribution is -0.152. The van der Waals surface area contributed by atoms with Gasteiger partial charge in [0, 0.05) is 29.1 Å². The topological polar surface area (TPSA) is 111 Å². The largest absolute Gasteiger partial charge is 0.480 e. The van der Waals surface area contributed by atoms with Crippen molar-refractivity contribution < 1.29 is 14.7 Å². The van der Waals surface area contributed by atoms with Crippen molar-refractivity contribution >= 4 is 22.8 Å². The zero-order chi connectivity index (χ0) is 17.6. The molecule has 0 saturated carbocycles. The molecule has 2 aliphatic rings. The van der Waals surface area contributed by atoms with Crippen LogP contribution in [0.15, 0.2) is 24.3 Å². The van der Waals surface area contributed by atoms with Crippen LogP contribution < -0.4 is 11.1 Å². The summed E-state index contributed by atoms with van der Waals surface area (Å²) >= 11 is 0. The maximum atomic E-state index is 12.9. The molecular weight excluding hydrogens is 320 g/mol. The summed E-state index contributed by atoms with van der Waals surface area (Å²) in [5.74, 6) is -1.29. The highest BCUT2D eigenvalue weighted by molar-refractivity contribution is 5.91. The Kier molecular flexibility index (Phi) is 3.97. The summed E-state index contributed by atoms with van der Waals surface area (Å²) in [5.41, 5.74) is 9.01. The number of H-pyrrole nitrogens is 1. The van der Waals surface area contributed by atoms with Gasteiger partial charge in [0.25, 0.3) is 0 Å². The molecule has 1 saturated heterocycles. The van der Waals surface area contributed by atoms with Crippen LogP contribution in [0.1, 0.15) is 24.1 Å². The lowest BCUT2D eigenvalue weighted by atomic mass is 9.95. The third-order valence-corrected chi connectivity index (χ3v) is 5.39. The predicted molar refractivity (Wildman–Crippen MR) is 93.0 cm³/mol. The Morgan fingerprint density at radius 2 is 2.12 bits per heavy atom. The number of aromatic amines is 1. The highest BCUT2D eigenvalue weighted by atomic mass is 16.4. The van der Waals surface area contributed by atoms with Crippen LogP contribution in [0.3, 0.4) is 0 Å². The van der Waals surface area contributed by atoms with Gasteiger partial charge in [-0.2, -0.15) is 0 Å². The van der Waals surface area contributed by atoms with Crippen molar-refractivity contribution in [2.24, 2.45) is 5.73 Å². The van der Waals surface area contributed by atoms with E-state index >= 15 is 0 Å². The molecule has 0 spiro atoms. The van der Waals surface area contributed by atoms with Crippen molar-refractivity contribution in [3.8, 4) is 0 Å². The maximum Gasteiger partial charge on any atom is 0.326 e. The number of aromatic nitrogens is 1. The van der Waals surface area contributed by atoms with Crippen molar-refractivity contribution in [1.29, 1.82) is 0 Å². The van der Waals surface area contributed by atoms with E-state index in [0.717, 1.165) is 41.5 Å². The summed E-state index contributed by atoms with van der Waals surface area (Å²) in [4.78, 5) is 29.5. The van der Waals surface area contributed by atoms with Gasteiger partial charge >= 0.3 is 5.97 Å². The van der Waals surface area contributed by atoms with Crippen molar-refractivity contribution in [2.45, 2.75) is 43.9 Å². The number of nitrogens with one attached hydrogen (secondary N) is 2. The Balaban J connectivity index is 1.67. The molecule has 2 aliphatic heterocycles. The second-order valence-electron chi connectivity index (χ2n) is 6.88. The molecular formula is C18H22N4O3. The molecule has 1 aromatic carbocycles. The Hall–Kier alpha value is -2.38. The fraction of sp³-hybridized carbons (Fsp3) is 0.444. The van der Waals surface area contributed by atoms with E-state index in [9.17, 15) is 14.7 Å². The number of carboxylic acid groups (broad SMARTS) is 1. The van der Waals surface area contributed by atoms with Gasteiger partial charge in [0.15, 0.2) is 0 Å². The van der Waals surface area contributed by atoms with Gasteiger partial charge in [-0.1, -0.05) is 18.2 Å². The smallest absolute Gasteiger partial charge is 0.326 e. The first kappa shape index (κ1) is 16.1. The number of aliphatic carboxylic acids is 1. The normalized spacial score (nSPS) is 24.3. The Morgan fingerprint density at radius 3 is 2.84 bits per heavy atom. The summed E-state index contributed by atoms with van der Waals surface area (Å²) < 4.78 is 0. The van der Waals surface area contributed by atoms with Crippen molar-refractivity contribution in [2.75, 3.05) is 6.54 Å². The number of benzene rings is 1. The third-order valence-electron chi connectivity index (χ3n) is 5.39. The molecule has 5 N–H and O–H groups in total. The van der Waals surface area contributed by atoms with E-state index in [1.54, 1.807) is 0 Å². The molecule has 7 heteroatoms. The van der Waals surface area contributed by atoms with Gasteiger partial charge in [-0.05, 0) is 31.0 Å². The van der Waals surface area contributed by atoms with Crippen LogP contribution in [0, 0.1) is 0 Å². The molecule has 132 valence electrons. The number of hydrogen-bond donors (Lipinski definition) is 4. The van der Waals surface area contributed by atoms with Crippen LogP contribution >= 0.6 is 0 Å². The number of nitrogens with zero attached hydrogens (tertiary/aromatic N) is 1. The average Bonchev–Trinajstić information content (AvgIpc) is 3.26. The molecule has 0 radical (unpaired) electrons. The zero-order valence-electron chi connectivity index (χ0n) is 13.9. The van der Waals surface area contributed by atoms with E-state index in [-0.39, 0.29) is 18.5 Å². The minimum Gasteiger partial charge on any atom is -0.480 e. The molecule has 1 fully saturated rings. The molecule has 1 unspecified atom stereocenters. The summed E-state index contributed by atoms with van der Waals surface area (Å²) in [6, 6.07) is 6.14. The summed E-state index contributed by atoms with van der Waals surface area (Å²) in [6.07, 6.45) is 2.13. The number of carbonyl (C=O) groups is 2. The van der Waals surface area contributed by atoms with E-state index in [4.69, 9.17) is 5.73 Å². The average molecular weight is 342 g/mol. The van der Waals surface area contributed by atoms with Crippen LogP contribution in [0.25, 0.3) is 10.9 Å². The number of fused-ring (bicyclic) bond motifs is 3. The molecule has 25 heavy (non-hydrogen) atoms. The molecule has 2 aromatic rings. The molecule has 3 heterocycles. The van der Waals surface area contributed by atoms with Crippen LogP contribution in [0.2, 0.25) is 0 Å². The number of rotatable bonds is 3. The Morgan fingerprint density at radius 1 is 1.32 bits per heavy atom. The quantitative estimate of drug-likeness (QED) is 0.652. The number of nitrogens with two attached hydrogens (primary N) is 1. The number of amides is 1. The minimum atomic E-state index is -0.990. The SMILES string of the molecule is N[C@H](C(=O)N1Cc2[nH]c3ccccc3c2C[C@H]1C(=O)O)C1CCCN1. The number of carboxylic acids is 1. The zero-order valence-corrected chi connectivity index (χ0v) is 13.9. The summed E-state index contributed by atoms with van der Waals surface area (Å²) in [7, 11) is 0. The predicted octanol–water partition coefficient (Wildman–Crippen LogP) is 0.585. The minimum absolute atomic E-state index is 0.0777. The van der Waals surface area contributed by atoms with Gasteiger partial charge in [0.1, 0.15) is 6.04 Å². The van der Waals surface area contributed by atoms with Gasteiger partial charge in [-0.3, -0.25) is 4.79 Å². The van der Waals surface area contributed by atoms with Gasteiger partial charge in [0.05, 0.1) is 12.6 Å². The Labute approximate surface area is 145 Å². The van der Waals surface area contributed by atoms with Gasteiger partial charge in [-0.15, -0.1) is 0 Å². The second kappa shape index (κ2) is 6.16. The maximum absolute atomic E-state index is 12.9. The number of carbonyl (C=O) groups excluding carboxylic acids is 1. The summed E-state index contributed by atoms with van der Waals surface area (Å²) in [5, 5.41) is 13.9. The van der Waals surface area contributed by atoms with E-state index in [1.807, 2.05) is 24.3 Å². The molecule has 4 rings (SSSR count). The van der Waals surface area contributed by atoms with Crippen LogP contribution in [-0.2, 0) is 22.6 Å².